The number of aryl methyl sites for hydroxylation is 1. The van der Waals surface area contributed by atoms with Gasteiger partial charge in [0.1, 0.15) is 23.2 Å². The van der Waals surface area contributed by atoms with E-state index in [1.165, 1.54) is 16.8 Å². The third-order valence-corrected chi connectivity index (χ3v) is 4.31. The molecule has 4 nitrogen and oxygen atoms in total. The molecule has 6 heteroatoms. The highest BCUT2D eigenvalue weighted by Crippen LogP contribution is 2.44. The molecular weight excluding hydrogens is 276 g/mol. The lowest BCUT2D eigenvalue weighted by molar-refractivity contribution is 0.0997. The Morgan fingerprint density at radius 1 is 1.29 bits per heavy atom. The molecule has 2 bridgehead atoms. The predicted molar refractivity (Wildman–Crippen MR) is 71.3 cm³/mol. The number of nitrogens with zero attached hydrogens (tertiary/aromatic N) is 3. The molecule has 3 heterocycles. The van der Waals surface area contributed by atoms with E-state index in [9.17, 15) is 8.78 Å². The summed E-state index contributed by atoms with van der Waals surface area (Å²) in [5.41, 5.74) is 0.231. The molecule has 1 aromatic carbocycles. The van der Waals surface area contributed by atoms with Crippen molar-refractivity contribution in [1.29, 1.82) is 0 Å². The molecule has 0 radical (unpaired) electrons. The summed E-state index contributed by atoms with van der Waals surface area (Å²) in [5, 5.41) is 4.29. The van der Waals surface area contributed by atoms with Crippen molar-refractivity contribution >= 4 is 0 Å². The first-order valence-corrected chi connectivity index (χ1v) is 7.16. The zero-order chi connectivity index (χ0) is 14.6. The highest BCUT2D eigenvalue weighted by Gasteiger charge is 2.44. The van der Waals surface area contributed by atoms with Gasteiger partial charge < -0.3 is 4.74 Å². The lowest BCUT2D eigenvalue weighted by Crippen LogP contribution is -2.19. The second-order valence-electron chi connectivity index (χ2n) is 5.74. The van der Waals surface area contributed by atoms with Crippen LogP contribution in [0.2, 0.25) is 0 Å². The molecule has 0 spiro atoms. The minimum Gasteiger partial charge on any atom is -0.374 e. The van der Waals surface area contributed by atoms with Crippen LogP contribution in [0.15, 0.2) is 18.2 Å². The molecule has 110 valence electrons. The summed E-state index contributed by atoms with van der Waals surface area (Å²) in [6.07, 6.45) is 3.40. The van der Waals surface area contributed by atoms with Gasteiger partial charge in [0.05, 0.1) is 12.2 Å². The molecule has 21 heavy (non-hydrogen) atoms. The number of hydrogen-bond acceptors (Lipinski definition) is 3. The summed E-state index contributed by atoms with van der Waals surface area (Å²) in [5.74, 6) is 0.194. The van der Waals surface area contributed by atoms with Crippen molar-refractivity contribution in [3.8, 4) is 5.69 Å². The molecule has 2 aromatic rings. The summed E-state index contributed by atoms with van der Waals surface area (Å²) in [7, 11) is 0. The Labute approximate surface area is 120 Å². The zero-order valence-corrected chi connectivity index (χ0v) is 11.6. The van der Waals surface area contributed by atoms with Gasteiger partial charge in [-0.25, -0.2) is 18.4 Å². The Kier molecular flexibility index (Phi) is 2.82. The molecule has 4 rings (SSSR count). The smallest absolute Gasteiger partial charge is 0.151 e. The fraction of sp³-hybridized carbons (Fsp3) is 0.467. The molecule has 3 atom stereocenters. The summed E-state index contributed by atoms with van der Waals surface area (Å²) >= 11 is 0. The van der Waals surface area contributed by atoms with Gasteiger partial charge in [-0.05, 0) is 38.3 Å². The average Bonchev–Trinajstić information content (AvgIpc) is 3.13. The molecular formula is C15H15F2N3O. The van der Waals surface area contributed by atoms with Crippen LogP contribution in [0.4, 0.5) is 8.78 Å². The Balaban J connectivity index is 1.79. The van der Waals surface area contributed by atoms with Crippen molar-refractivity contribution < 1.29 is 13.5 Å². The van der Waals surface area contributed by atoms with Crippen LogP contribution < -0.4 is 0 Å². The number of rotatable bonds is 2. The second kappa shape index (κ2) is 4.59. The van der Waals surface area contributed by atoms with Gasteiger partial charge in [-0.3, -0.25) is 0 Å². The maximum Gasteiger partial charge on any atom is 0.151 e. The monoisotopic (exact) mass is 291 g/mol. The van der Waals surface area contributed by atoms with Crippen LogP contribution in [0, 0.1) is 18.6 Å². The molecule has 2 aliphatic heterocycles. The molecule has 2 aliphatic rings. The zero-order valence-electron chi connectivity index (χ0n) is 11.6. The van der Waals surface area contributed by atoms with E-state index in [4.69, 9.17) is 4.74 Å². The van der Waals surface area contributed by atoms with Crippen molar-refractivity contribution in [1.82, 2.24) is 14.8 Å². The topological polar surface area (TPSA) is 39.9 Å². The minimum absolute atomic E-state index is 0.134. The van der Waals surface area contributed by atoms with Crippen LogP contribution in [-0.2, 0) is 4.74 Å². The fourth-order valence-corrected chi connectivity index (χ4v) is 3.41. The molecule has 0 N–H and O–H groups in total. The van der Waals surface area contributed by atoms with E-state index in [1.54, 1.807) is 6.92 Å². The van der Waals surface area contributed by atoms with Gasteiger partial charge in [-0.15, -0.1) is 0 Å². The Hall–Kier alpha value is -1.82. The quantitative estimate of drug-likeness (QED) is 0.854. The van der Waals surface area contributed by atoms with E-state index < -0.39 is 11.6 Å². The molecule has 0 aliphatic carbocycles. The van der Waals surface area contributed by atoms with Crippen LogP contribution in [0.5, 0.6) is 0 Å². The molecule has 0 unspecified atom stereocenters. The van der Waals surface area contributed by atoms with Crippen molar-refractivity contribution in [3.63, 3.8) is 0 Å². The minimum atomic E-state index is -0.634. The summed E-state index contributed by atoms with van der Waals surface area (Å²) in [6.45, 7) is 1.77. The lowest BCUT2D eigenvalue weighted by atomic mass is 9.88. The lowest BCUT2D eigenvalue weighted by Gasteiger charge is -2.18. The first-order chi connectivity index (χ1) is 10.1. The van der Waals surface area contributed by atoms with E-state index in [1.807, 2.05) is 0 Å². The van der Waals surface area contributed by atoms with E-state index in [0.717, 1.165) is 25.3 Å². The van der Waals surface area contributed by atoms with Crippen LogP contribution in [0.1, 0.15) is 36.8 Å². The number of fused-ring (bicyclic) bond motifs is 2. The highest BCUT2D eigenvalue weighted by atomic mass is 19.1. The second-order valence-corrected chi connectivity index (χ2v) is 5.74. The summed E-state index contributed by atoms with van der Waals surface area (Å²) in [4.78, 5) is 4.46. The Morgan fingerprint density at radius 3 is 2.81 bits per heavy atom. The molecule has 0 saturated carbocycles. The third-order valence-electron chi connectivity index (χ3n) is 4.31. The van der Waals surface area contributed by atoms with Gasteiger partial charge in [0.2, 0.25) is 0 Å². The van der Waals surface area contributed by atoms with Gasteiger partial charge in [0, 0.05) is 12.0 Å². The van der Waals surface area contributed by atoms with Crippen LogP contribution >= 0.6 is 0 Å². The number of ether oxygens (including phenoxy) is 1. The first kappa shape index (κ1) is 12.9. The maximum atomic E-state index is 14.0. The third kappa shape index (κ3) is 2.05. The largest absolute Gasteiger partial charge is 0.374 e. The summed E-state index contributed by atoms with van der Waals surface area (Å²) in [6, 6.07) is 3.50. The normalized spacial score (nSPS) is 27.5. The average molecular weight is 291 g/mol. The van der Waals surface area contributed by atoms with Gasteiger partial charge in [0.25, 0.3) is 0 Å². The SMILES string of the molecule is Cc1nc([C@H]2C[C@@H]3CC[C@H]2O3)n(-c2ccc(F)cc2F)n1. The molecule has 2 saturated heterocycles. The Bertz CT molecular complexity index is 700. The van der Waals surface area contributed by atoms with Gasteiger partial charge in [0.15, 0.2) is 5.82 Å². The van der Waals surface area contributed by atoms with Gasteiger partial charge in [-0.2, -0.15) is 5.10 Å². The number of halogens is 2. The number of aromatic nitrogens is 3. The molecule has 1 aromatic heterocycles. The van der Waals surface area contributed by atoms with Crippen molar-refractivity contribution in [3.05, 3.63) is 41.5 Å². The van der Waals surface area contributed by atoms with E-state index in [2.05, 4.69) is 10.1 Å². The highest BCUT2D eigenvalue weighted by molar-refractivity contribution is 5.35. The van der Waals surface area contributed by atoms with E-state index in [0.29, 0.717) is 11.6 Å². The summed E-state index contributed by atoms with van der Waals surface area (Å²) < 4.78 is 34.5. The molecule has 0 amide bonds. The predicted octanol–water partition coefficient (Wildman–Crippen LogP) is 2.89. The van der Waals surface area contributed by atoms with Crippen molar-refractivity contribution in [2.75, 3.05) is 0 Å². The van der Waals surface area contributed by atoms with E-state index >= 15 is 0 Å². The first-order valence-electron chi connectivity index (χ1n) is 7.16. The van der Waals surface area contributed by atoms with Gasteiger partial charge >= 0.3 is 0 Å². The van der Waals surface area contributed by atoms with Crippen molar-refractivity contribution in [2.24, 2.45) is 0 Å². The van der Waals surface area contributed by atoms with Crippen molar-refractivity contribution in [2.45, 2.75) is 44.3 Å². The van der Waals surface area contributed by atoms with Crippen LogP contribution in [-0.4, -0.2) is 27.0 Å². The maximum absolute atomic E-state index is 14.0. The van der Waals surface area contributed by atoms with Crippen LogP contribution in [0.25, 0.3) is 5.69 Å². The number of hydrogen-bond donors (Lipinski definition) is 0. The molecule has 2 fully saturated rings. The Morgan fingerprint density at radius 2 is 2.14 bits per heavy atom. The van der Waals surface area contributed by atoms with Gasteiger partial charge in [-0.1, -0.05) is 0 Å². The number of benzene rings is 1. The van der Waals surface area contributed by atoms with E-state index in [-0.39, 0.29) is 23.8 Å². The van der Waals surface area contributed by atoms with Crippen LogP contribution in [0.3, 0.4) is 0 Å². The standard InChI is InChI=1S/C15H15F2N3O/c1-8-18-15(11-7-10-3-5-14(11)21-10)20(19-8)13-4-2-9(16)6-12(13)17/h2,4,6,10-11,14H,3,5,7H2,1H3/t10-,11-,14+/m0/s1. The fourth-order valence-electron chi connectivity index (χ4n) is 3.41.